The van der Waals surface area contributed by atoms with E-state index in [0.717, 1.165) is 0 Å². The van der Waals surface area contributed by atoms with Crippen molar-refractivity contribution in [2.45, 2.75) is 61.4 Å². The van der Waals surface area contributed by atoms with Crippen molar-refractivity contribution in [3.8, 4) is 0 Å². The van der Waals surface area contributed by atoms with Crippen LogP contribution in [0.2, 0.25) is 0 Å². The van der Waals surface area contributed by atoms with Crippen LogP contribution in [0.1, 0.15) is 0 Å². The molecule has 2 heterocycles. The highest BCUT2D eigenvalue weighted by Gasteiger charge is 2.50. The fourth-order valence-electron chi connectivity index (χ4n) is 2.57. The van der Waals surface area contributed by atoms with Crippen LogP contribution >= 0.6 is 0 Å². The van der Waals surface area contributed by atoms with E-state index < -0.39 is 74.6 Å². The van der Waals surface area contributed by atoms with E-state index in [1.54, 1.807) is 0 Å². The minimum atomic E-state index is -1.74. The molecule has 2 rings (SSSR count). The molecule has 136 valence electrons. The molecule has 10 atom stereocenters. The maximum atomic E-state index is 9.94. The predicted molar refractivity (Wildman–Crippen MR) is 68.6 cm³/mol. The van der Waals surface area contributed by atoms with Crippen LogP contribution in [0, 0.1) is 0 Å². The quantitative estimate of drug-likeness (QED) is 0.243. The molecule has 0 aromatic rings. The van der Waals surface area contributed by atoms with E-state index in [0.29, 0.717) is 0 Å². The SMILES string of the molecule is OC[C@@H]1O[C@@H](O[C@H]2[C@H](O)[C@H](O)[C@H](O)O[C@@H]2CO)[C@H](O)[C@H](O)[C@@H]1O. The summed E-state index contributed by atoms with van der Waals surface area (Å²) in [5.74, 6) is 0. The lowest BCUT2D eigenvalue weighted by Crippen LogP contribution is -2.64. The maximum Gasteiger partial charge on any atom is 0.187 e. The average Bonchev–Trinajstić information content (AvgIpc) is 2.55. The van der Waals surface area contributed by atoms with Gasteiger partial charge in [0.25, 0.3) is 0 Å². The summed E-state index contributed by atoms with van der Waals surface area (Å²) in [6.07, 6.45) is -15.6. The Hall–Kier alpha value is -0.440. The van der Waals surface area contributed by atoms with E-state index in [1.165, 1.54) is 0 Å². The van der Waals surface area contributed by atoms with Gasteiger partial charge in [-0.2, -0.15) is 0 Å². The highest BCUT2D eigenvalue weighted by Crippen LogP contribution is 2.28. The molecular formula is C12H22O11. The lowest BCUT2D eigenvalue weighted by atomic mass is 9.97. The molecule has 2 fully saturated rings. The van der Waals surface area contributed by atoms with Crippen molar-refractivity contribution >= 4 is 0 Å². The second-order valence-corrected chi connectivity index (χ2v) is 5.53. The molecule has 0 aromatic heterocycles. The summed E-state index contributed by atoms with van der Waals surface area (Å²) in [6, 6.07) is 0. The van der Waals surface area contributed by atoms with Gasteiger partial charge in [-0.3, -0.25) is 0 Å². The van der Waals surface area contributed by atoms with Gasteiger partial charge in [-0.05, 0) is 0 Å². The Morgan fingerprint density at radius 3 is 1.83 bits per heavy atom. The summed E-state index contributed by atoms with van der Waals surface area (Å²) < 4.78 is 15.3. The smallest absolute Gasteiger partial charge is 0.187 e. The molecular weight excluding hydrogens is 320 g/mol. The molecule has 0 aromatic carbocycles. The Labute approximate surface area is 130 Å². The minimum Gasteiger partial charge on any atom is -0.394 e. The molecule has 0 amide bonds. The first-order chi connectivity index (χ1) is 10.8. The number of aliphatic hydroxyl groups excluding tert-OH is 8. The van der Waals surface area contributed by atoms with Crippen LogP contribution < -0.4 is 0 Å². The maximum absolute atomic E-state index is 9.94. The first kappa shape index (κ1) is 18.9. The fourth-order valence-corrected chi connectivity index (χ4v) is 2.57. The van der Waals surface area contributed by atoms with E-state index in [2.05, 4.69) is 0 Å². The number of hydrogen-bond acceptors (Lipinski definition) is 11. The van der Waals surface area contributed by atoms with Crippen molar-refractivity contribution in [3.63, 3.8) is 0 Å². The number of hydrogen-bond donors (Lipinski definition) is 8. The zero-order chi connectivity index (χ0) is 17.3. The Kier molecular flexibility index (Phi) is 6.27. The van der Waals surface area contributed by atoms with Crippen molar-refractivity contribution in [1.82, 2.24) is 0 Å². The Balaban J connectivity index is 2.11. The van der Waals surface area contributed by atoms with E-state index >= 15 is 0 Å². The second-order valence-electron chi connectivity index (χ2n) is 5.53. The summed E-state index contributed by atoms with van der Waals surface area (Å²) in [5, 5.41) is 76.5. The molecule has 2 aliphatic rings. The van der Waals surface area contributed by atoms with Gasteiger partial charge in [-0.15, -0.1) is 0 Å². The molecule has 23 heavy (non-hydrogen) atoms. The van der Waals surface area contributed by atoms with Crippen LogP contribution in [0.3, 0.4) is 0 Å². The molecule has 11 nitrogen and oxygen atoms in total. The molecule has 0 bridgehead atoms. The molecule has 8 N–H and O–H groups in total. The molecule has 11 heteroatoms. The van der Waals surface area contributed by atoms with E-state index in [1.807, 2.05) is 0 Å². The standard InChI is InChI=1S/C12H22O11/c13-1-3-5(15)6(16)9(19)12(22-3)23-10-4(2-14)21-11(20)8(18)7(10)17/h3-20H,1-2H2/t3-,4+,5+,6+,7+,8-,9+,10+,11+,12-/m0/s1. The van der Waals surface area contributed by atoms with Crippen molar-refractivity contribution < 1.29 is 55.1 Å². The zero-order valence-corrected chi connectivity index (χ0v) is 12.0. The summed E-state index contributed by atoms with van der Waals surface area (Å²) in [5.41, 5.74) is 0. The van der Waals surface area contributed by atoms with Gasteiger partial charge >= 0.3 is 0 Å². The molecule has 2 aliphatic heterocycles. The van der Waals surface area contributed by atoms with Crippen molar-refractivity contribution in [3.05, 3.63) is 0 Å². The Bertz CT molecular complexity index is 378. The topological polar surface area (TPSA) is 190 Å². The normalized spacial score (nSPS) is 51.7. The summed E-state index contributed by atoms with van der Waals surface area (Å²) in [4.78, 5) is 0. The number of ether oxygens (including phenoxy) is 3. The van der Waals surface area contributed by atoms with Gasteiger partial charge in [-0.1, -0.05) is 0 Å². The lowest BCUT2D eigenvalue weighted by Gasteiger charge is -2.45. The molecule has 0 radical (unpaired) electrons. The number of rotatable bonds is 4. The van der Waals surface area contributed by atoms with E-state index in [9.17, 15) is 35.7 Å². The number of aliphatic hydroxyl groups is 8. The highest BCUT2D eigenvalue weighted by molar-refractivity contribution is 4.93. The van der Waals surface area contributed by atoms with Crippen LogP contribution in [0.25, 0.3) is 0 Å². The third-order valence-electron chi connectivity index (χ3n) is 3.98. The van der Waals surface area contributed by atoms with Crippen LogP contribution in [0.5, 0.6) is 0 Å². The Morgan fingerprint density at radius 2 is 1.26 bits per heavy atom. The molecule has 0 spiro atoms. The first-order valence-electron chi connectivity index (χ1n) is 7.08. The molecule has 0 unspecified atom stereocenters. The van der Waals surface area contributed by atoms with Gasteiger partial charge in [-0.25, -0.2) is 0 Å². The van der Waals surface area contributed by atoms with Gasteiger partial charge < -0.3 is 55.1 Å². The van der Waals surface area contributed by atoms with Gasteiger partial charge in [0.05, 0.1) is 13.2 Å². The fraction of sp³-hybridized carbons (Fsp3) is 1.00. The van der Waals surface area contributed by atoms with Crippen molar-refractivity contribution in [2.24, 2.45) is 0 Å². The third kappa shape index (κ3) is 3.65. The summed E-state index contributed by atoms with van der Waals surface area (Å²) >= 11 is 0. The van der Waals surface area contributed by atoms with E-state index in [-0.39, 0.29) is 0 Å². The van der Waals surface area contributed by atoms with Gasteiger partial charge in [0.1, 0.15) is 48.8 Å². The van der Waals surface area contributed by atoms with Gasteiger partial charge in [0, 0.05) is 0 Å². The third-order valence-corrected chi connectivity index (χ3v) is 3.98. The van der Waals surface area contributed by atoms with Crippen LogP contribution in [0.4, 0.5) is 0 Å². The van der Waals surface area contributed by atoms with Crippen LogP contribution in [0.15, 0.2) is 0 Å². The largest absolute Gasteiger partial charge is 0.394 e. The second kappa shape index (κ2) is 7.63. The monoisotopic (exact) mass is 342 g/mol. The molecule has 0 aliphatic carbocycles. The Morgan fingerprint density at radius 1 is 0.652 bits per heavy atom. The average molecular weight is 342 g/mol. The van der Waals surface area contributed by atoms with Gasteiger partial charge in [0.2, 0.25) is 0 Å². The highest BCUT2D eigenvalue weighted by atomic mass is 16.7. The lowest BCUT2D eigenvalue weighted by molar-refractivity contribution is -0.355. The zero-order valence-electron chi connectivity index (χ0n) is 12.0. The van der Waals surface area contributed by atoms with Crippen molar-refractivity contribution in [1.29, 1.82) is 0 Å². The summed E-state index contributed by atoms with van der Waals surface area (Å²) in [7, 11) is 0. The van der Waals surface area contributed by atoms with Gasteiger partial charge in [0.15, 0.2) is 12.6 Å². The molecule has 0 saturated carbocycles. The first-order valence-corrected chi connectivity index (χ1v) is 7.08. The molecule has 2 saturated heterocycles. The van der Waals surface area contributed by atoms with Crippen LogP contribution in [-0.4, -0.2) is 115 Å². The van der Waals surface area contributed by atoms with Crippen molar-refractivity contribution in [2.75, 3.05) is 13.2 Å². The van der Waals surface area contributed by atoms with Crippen LogP contribution in [-0.2, 0) is 14.2 Å². The predicted octanol–water partition coefficient (Wildman–Crippen LogP) is -5.40. The minimum absolute atomic E-state index is 0.667. The summed E-state index contributed by atoms with van der Waals surface area (Å²) in [6.45, 7) is -1.35. The van der Waals surface area contributed by atoms with E-state index in [4.69, 9.17) is 19.3 Å².